The molecule has 0 unspecified atom stereocenters. The molecule has 0 saturated heterocycles. The van der Waals surface area contributed by atoms with Gasteiger partial charge in [-0.2, -0.15) is 0 Å². The third kappa shape index (κ3) is 4.31. The van der Waals surface area contributed by atoms with Crippen LogP contribution in [0.2, 0.25) is 0 Å². The summed E-state index contributed by atoms with van der Waals surface area (Å²) in [5, 5.41) is 21.1. The van der Waals surface area contributed by atoms with Crippen LogP contribution in [0, 0.1) is 13.8 Å². The van der Waals surface area contributed by atoms with E-state index in [1.807, 2.05) is 50.2 Å². The molecule has 130 valence electrons. The Balaban J connectivity index is 2.31. The molecule has 0 aromatic heterocycles. The van der Waals surface area contributed by atoms with Gasteiger partial charge < -0.3 is 10.2 Å². The van der Waals surface area contributed by atoms with Crippen molar-refractivity contribution in [2.75, 3.05) is 0 Å². The third-order valence-electron chi connectivity index (χ3n) is 4.89. The molecule has 0 fully saturated rings. The molecule has 2 nitrogen and oxygen atoms in total. The molecule has 0 atom stereocenters. The van der Waals surface area contributed by atoms with Crippen LogP contribution in [0.25, 0.3) is 0 Å². The van der Waals surface area contributed by atoms with E-state index in [0.29, 0.717) is 11.5 Å². The Hall–Kier alpha value is -1.96. The number of para-hydroxylation sites is 2. The quantitative estimate of drug-likeness (QED) is 0.566. The molecule has 0 aliphatic carbocycles. The van der Waals surface area contributed by atoms with Crippen molar-refractivity contribution < 1.29 is 10.2 Å². The fraction of sp³-hybridized carbons (Fsp3) is 0.455. The summed E-state index contributed by atoms with van der Waals surface area (Å²) in [6.07, 6.45) is 7.01. The van der Waals surface area contributed by atoms with E-state index in [9.17, 15) is 10.2 Å². The van der Waals surface area contributed by atoms with Crippen molar-refractivity contribution >= 4 is 0 Å². The maximum atomic E-state index is 10.5. The molecule has 2 aromatic carbocycles. The Labute approximate surface area is 146 Å². The summed E-state index contributed by atoms with van der Waals surface area (Å²) in [5.74, 6) is 0.750. The number of rotatable bonds is 8. The maximum Gasteiger partial charge on any atom is 0.122 e. The van der Waals surface area contributed by atoms with Crippen molar-refractivity contribution in [2.24, 2.45) is 0 Å². The van der Waals surface area contributed by atoms with Crippen molar-refractivity contribution in [3.63, 3.8) is 0 Å². The molecule has 0 heterocycles. The van der Waals surface area contributed by atoms with Gasteiger partial charge in [0.2, 0.25) is 0 Å². The highest BCUT2D eigenvalue weighted by Gasteiger charge is 2.21. The van der Waals surface area contributed by atoms with Gasteiger partial charge in [-0.25, -0.2) is 0 Å². The maximum absolute atomic E-state index is 10.5. The first-order chi connectivity index (χ1) is 11.6. The average Bonchev–Trinajstić information content (AvgIpc) is 2.57. The number of phenolic OH excluding ortho intramolecular Hbond substituents is 2. The minimum absolute atomic E-state index is 0.0337. The van der Waals surface area contributed by atoms with Crippen LogP contribution in [0.4, 0.5) is 0 Å². The first-order valence-electron chi connectivity index (χ1n) is 9.13. The predicted molar refractivity (Wildman–Crippen MR) is 101 cm³/mol. The highest BCUT2D eigenvalue weighted by Crippen LogP contribution is 2.41. The van der Waals surface area contributed by atoms with E-state index in [1.54, 1.807) is 0 Å². The second-order valence-electron chi connectivity index (χ2n) is 6.78. The molecular weight excluding hydrogens is 296 g/mol. The van der Waals surface area contributed by atoms with Gasteiger partial charge in [0.1, 0.15) is 11.5 Å². The molecule has 0 saturated carbocycles. The van der Waals surface area contributed by atoms with Gasteiger partial charge in [0.15, 0.2) is 0 Å². The molecule has 2 aromatic rings. The number of aryl methyl sites for hydroxylation is 2. The monoisotopic (exact) mass is 326 g/mol. The predicted octanol–water partition coefficient (Wildman–Crippen LogP) is 6.21. The van der Waals surface area contributed by atoms with Crippen LogP contribution in [0.3, 0.4) is 0 Å². The van der Waals surface area contributed by atoms with E-state index in [1.165, 1.54) is 25.7 Å². The van der Waals surface area contributed by atoms with Crippen molar-refractivity contribution in [1.29, 1.82) is 0 Å². The van der Waals surface area contributed by atoms with Crippen LogP contribution >= 0.6 is 0 Å². The van der Waals surface area contributed by atoms with Gasteiger partial charge in [0, 0.05) is 17.0 Å². The number of hydrogen-bond acceptors (Lipinski definition) is 2. The first-order valence-corrected chi connectivity index (χ1v) is 9.13. The summed E-state index contributed by atoms with van der Waals surface area (Å²) in [4.78, 5) is 0. The summed E-state index contributed by atoms with van der Waals surface area (Å²) in [5.41, 5.74) is 3.61. The zero-order valence-electron chi connectivity index (χ0n) is 15.2. The van der Waals surface area contributed by atoms with E-state index in [0.717, 1.165) is 35.1 Å². The number of benzene rings is 2. The minimum Gasteiger partial charge on any atom is -0.507 e. The molecule has 0 aliphatic rings. The van der Waals surface area contributed by atoms with Gasteiger partial charge in [-0.15, -0.1) is 0 Å². The van der Waals surface area contributed by atoms with Crippen LogP contribution < -0.4 is 0 Å². The molecule has 2 heteroatoms. The molecule has 0 amide bonds. The van der Waals surface area contributed by atoms with Crippen LogP contribution in [-0.2, 0) is 0 Å². The van der Waals surface area contributed by atoms with Crippen LogP contribution in [0.1, 0.15) is 73.6 Å². The van der Waals surface area contributed by atoms with Crippen LogP contribution in [-0.4, -0.2) is 10.2 Å². The van der Waals surface area contributed by atoms with Gasteiger partial charge in [0.25, 0.3) is 0 Å². The second-order valence-corrected chi connectivity index (χ2v) is 6.78. The summed E-state index contributed by atoms with van der Waals surface area (Å²) >= 11 is 0. The number of aromatic hydroxyl groups is 2. The normalized spacial score (nSPS) is 11.2. The Bertz CT molecular complexity index is 610. The minimum atomic E-state index is 0.0337. The highest BCUT2D eigenvalue weighted by molar-refractivity contribution is 5.50. The van der Waals surface area contributed by atoms with Gasteiger partial charge in [-0.1, -0.05) is 75.4 Å². The lowest BCUT2D eigenvalue weighted by Gasteiger charge is -2.22. The highest BCUT2D eigenvalue weighted by atomic mass is 16.3. The van der Waals surface area contributed by atoms with Crippen molar-refractivity contribution in [3.8, 4) is 11.5 Å². The van der Waals surface area contributed by atoms with Crippen molar-refractivity contribution in [1.82, 2.24) is 0 Å². The van der Waals surface area contributed by atoms with Crippen molar-refractivity contribution in [2.45, 2.75) is 65.2 Å². The number of unbranched alkanes of at least 4 members (excludes halogenated alkanes) is 4. The Morgan fingerprint density at radius 2 is 1.25 bits per heavy atom. The summed E-state index contributed by atoms with van der Waals surface area (Å²) in [7, 11) is 0. The lowest BCUT2D eigenvalue weighted by molar-refractivity contribution is 0.443. The van der Waals surface area contributed by atoms with Crippen LogP contribution in [0.15, 0.2) is 36.4 Å². The molecule has 0 bridgehead atoms. The average molecular weight is 326 g/mol. The largest absolute Gasteiger partial charge is 0.507 e. The fourth-order valence-electron chi connectivity index (χ4n) is 3.36. The van der Waals surface area contributed by atoms with Gasteiger partial charge in [0.05, 0.1) is 0 Å². The topological polar surface area (TPSA) is 40.5 Å². The molecule has 2 N–H and O–H groups in total. The van der Waals surface area contributed by atoms with Gasteiger partial charge in [-0.05, 0) is 31.4 Å². The zero-order chi connectivity index (χ0) is 17.5. The van der Waals surface area contributed by atoms with Gasteiger partial charge >= 0.3 is 0 Å². The van der Waals surface area contributed by atoms with Gasteiger partial charge in [-0.3, -0.25) is 0 Å². The molecule has 24 heavy (non-hydrogen) atoms. The zero-order valence-corrected chi connectivity index (χ0v) is 15.2. The van der Waals surface area contributed by atoms with E-state index in [-0.39, 0.29) is 5.92 Å². The van der Waals surface area contributed by atoms with E-state index >= 15 is 0 Å². The SMILES string of the molecule is CCCCCCCC(c1cccc(C)c1O)c1cccc(C)c1O. The van der Waals surface area contributed by atoms with E-state index < -0.39 is 0 Å². The second kappa shape index (κ2) is 8.77. The standard InChI is InChI=1S/C22H30O2/c1-4-5-6-7-8-13-18(19-14-9-11-16(2)21(19)23)20-15-10-12-17(3)22(20)24/h9-12,14-15,18,23-24H,4-8,13H2,1-3H3. The molecule has 0 aliphatic heterocycles. The molecular formula is C22H30O2. The summed E-state index contributed by atoms with van der Waals surface area (Å²) in [6.45, 7) is 6.07. The lowest BCUT2D eigenvalue weighted by atomic mass is 9.84. The Morgan fingerprint density at radius 1 is 0.750 bits per heavy atom. The summed E-state index contributed by atoms with van der Waals surface area (Å²) in [6, 6.07) is 11.8. The molecule has 2 rings (SSSR count). The van der Waals surface area contributed by atoms with E-state index in [4.69, 9.17) is 0 Å². The molecule has 0 radical (unpaired) electrons. The first kappa shape index (κ1) is 18.4. The Kier molecular flexibility index (Phi) is 6.72. The number of hydrogen-bond donors (Lipinski definition) is 2. The lowest BCUT2D eigenvalue weighted by Crippen LogP contribution is -2.04. The summed E-state index contributed by atoms with van der Waals surface area (Å²) < 4.78 is 0. The fourth-order valence-corrected chi connectivity index (χ4v) is 3.36. The van der Waals surface area contributed by atoms with E-state index in [2.05, 4.69) is 6.92 Å². The third-order valence-corrected chi connectivity index (χ3v) is 4.89. The molecule has 0 spiro atoms. The van der Waals surface area contributed by atoms with Crippen molar-refractivity contribution in [3.05, 3.63) is 58.7 Å². The smallest absolute Gasteiger partial charge is 0.122 e. The van der Waals surface area contributed by atoms with Crippen LogP contribution in [0.5, 0.6) is 11.5 Å². The number of phenols is 2. The Morgan fingerprint density at radius 3 is 1.75 bits per heavy atom.